The van der Waals surface area contributed by atoms with Crippen LogP contribution in [0.1, 0.15) is 25.3 Å². The summed E-state index contributed by atoms with van der Waals surface area (Å²) in [4.78, 5) is 0. The third-order valence-electron chi connectivity index (χ3n) is 3.40. The van der Waals surface area contributed by atoms with Crippen molar-refractivity contribution in [3.8, 4) is 17.2 Å². The summed E-state index contributed by atoms with van der Waals surface area (Å²) in [6.45, 7) is 4.03. The number of hydrogen-bond acceptors (Lipinski definition) is 5. The lowest BCUT2D eigenvalue weighted by Gasteiger charge is -2.13. The molecule has 0 radical (unpaired) electrons. The molecule has 0 spiro atoms. The van der Waals surface area contributed by atoms with Crippen molar-refractivity contribution in [3.05, 3.63) is 17.7 Å². The van der Waals surface area contributed by atoms with Crippen LogP contribution >= 0.6 is 11.8 Å². The van der Waals surface area contributed by atoms with Crippen molar-refractivity contribution in [2.75, 3.05) is 24.9 Å². The van der Waals surface area contributed by atoms with Crippen LogP contribution in [0.15, 0.2) is 12.1 Å². The molecule has 1 N–H and O–H groups in total. The molecule has 0 unspecified atom stereocenters. The van der Waals surface area contributed by atoms with E-state index in [1.807, 2.05) is 23.9 Å². The van der Waals surface area contributed by atoms with Gasteiger partial charge >= 0.3 is 0 Å². The molecular formula is C15H21NO3S. The SMILES string of the molecule is CCSCCOc1cc2c(cc1CNC1CC1)OCO2. The highest BCUT2D eigenvalue weighted by Crippen LogP contribution is 2.38. The number of ether oxygens (including phenoxy) is 3. The van der Waals surface area contributed by atoms with E-state index >= 15 is 0 Å². The fraction of sp³-hybridized carbons (Fsp3) is 0.600. The Bertz CT molecular complexity index is 463. The summed E-state index contributed by atoms with van der Waals surface area (Å²) in [7, 11) is 0. The molecule has 1 aromatic rings. The van der Waals surface area contributed by atoms with Crippen LogP contribution in [-0.2, 0) is 6.54 Å². The molecule has 3 rings (SSSR count). The number of benzene rings is 1. The van der Waals surface area contributed by atoms with Gasteiger partial charge in [-0.3, -0.25) is 0 Å². The van der Waals surface area contributed by atoms with Gasteiger partial charge in [-0.25, -0.2) is 0 Å². The van der Waals surface area contributed by atoms with E-state index in [0.29, 0.717) is 12.8 Å². The Kier molecular flexibility index (Phi) is 4.58. The molecule has 5 heteroatoms. The lowest BCUT2D eigenvalue weighted by Crippen LogP contribution is -2.16. The first-order valence-electron chi connectivity index (χ1n) is 7.23. The van der Waals surface area contributed by atoms with Crippen LogP contribution in [0, 0.1) is 0 Å². The summed E-state index contributed by atoms with van der Waals surface area (Å²) < 4.78 is 16.8. The van der Waals surface area contributed by atoms with E-state index in [9.17, 15) is 0 Å². The number of fused-ring (bicyclic) bond motifs is 1. The number of hydrogen-bond donors (Lipinski definition) is 1. The Labute approximate surface area is 124 Å². The molecular weight excluding hydrogens is 274 g/mol. The fourth-order valence-electron chi connectivity index (χ4n) is 2.13. The van der Waals surface area contributed by atoms with Gasteiger partial charge in [0.05, 0.1) is 6.61 Å². The summed E-state index contributed by atoms with van der Waals surface area (Å²) in [5.41, 5.74) is 1.16. The highest BCUT2D eigenvalue weighted by atomic mass is 32.2. The van der Waals surface area contributed by atoms with Gasteiger partial charge in [0, 0.05) is 30.0 Å². The normalized spacial score (nSPS) is 16.4. The highest BCUT2D eigenvalue weighted by molar-refractivity contribution is 7.99. The van der Waals surface area contributed by atoms with Crippen LogP contribution in [0.3, 0.4) is 0 Å². The van der Waals surface area contributed by atoms with Gasteiger partial charge in [0.25, 0.3) is 0 Å². The van der Waals surface area contributed by atoms with E-state index in [1.165, 1.54) is 12.8 Å². The van der Waals surface area contributed by atoms with Gasteiger partial charge in [-0.05, 0) is 24.7 Å². The molecule has 1 heterocycles. The monoisotopic (exact) mass is 295 g/mol. The summed E-state index contributed by atoms with van der Waals surface area (Å²) in [5.74, 6) is 4.67. The summed E-state index contributed by atoms with van der Waals surface area (Å²) >= 11 is 1.89. The maximum Gasteiger partial charge on any atom is 0.231 e. The third-order valence-corrected chi connectivity index (χ3v) is 4.27. The standard InChI is InChI=1S/C15H21NO3S/c1-2-20-6-5-17-13-8-15-14(18-10-19-15)7-11(13)9-16-12-3-4-12/h7-8,12,16H,2-6,9-10H2,1H3. The zero-order chi connectivity index (χ0) is 13.8. The van der Waals surface area contributed by atoms with E-state index in [0.717, 1.165) is 47.5 Å². The first kappa shape index (κ1) is 13.9. The predicted octanol–water partition coefficient (Wildman–Crippen LogP) is 2.80. The first-order valence-corrected chi connectivity index (χ1v) is 8.38. The molecule has 0 aromatic heterocycles. The van der Waals surface area contributed by atoms with Crippen LogP contribution in [0.2, 0.25) is 0 Å². The van der Waals surface area contributed by atoms with Gasteiger partial charge in [-0.2, -0.15) is 11.8 Å². The Morgan fingerprint density at radius 2 is 2.10 bits per heavy atom. The minimum Gasteiger partial charge on any atom is -0.492 e. The average molecular weight is 295 g/mol. The van der Waals surface area contributed by atoms with Crippen molar-refractivity contribution >= 4 is 11.8 Å². The van der Waals surface area contributed by atoms with E-state index in [-0.39, 0.29) is 0 Å². The van der Waals surface area contributed by atoms with Crippen molar-refractivity contribution in [1.29, 1.82) is 0 Å². The fourth-order valence-corrected chi connectivity index (χ4v) is 2.62. The second kappa shape index (κ2) is 6.59. The highest BCUT2D eigenvalue weighted by Gasteiger charge is 2.22. The lowest BCUT2D eigenvalue weighted by molar-refractivity contribution is 0.173. The second-order valence-electron chi connectivity index (χ2n) is 5.01. The molecule has 0 saturated heterocycles. The molecule has 1 saturated carbocycles. The van der Waals surface area contributed by atoms with Crippen molar-refractivity contribution in [1.82, 2.24) is 5.32 Å². The molecule has 0 bridgehead atoms. The quantitative estimate of drug-likeness (QED) is 0.747. The maximum atomic E-state index is 5.92. The van der Waals surface area contributed by atoms with Gasteiger partial charge in [-0.15, -0.1) is 0 Å². The molecule has 0 amide bonds. The number of nitrogens with one attached hydrogen (secondary N) is 1. The Hall–Kier alpha value is -1.07. The molecule has 4 nitrogen and oxygen atoms in total. The van der Waals surface area contributed by atoms with Crippen molar-refractivity contribution in [2.45, 2.75) is 32.4 Å². The van der Waals surface area contributed by atoms with Gasteiger partial charge < -0.3 is 19.5 Å². The molecule has 2 aliphatic rings. The summed E-state index contributed by atoms with van der Waals surface area (Å²) in [6, 6.07) is 4.69. The van der Waals surface area contributed by atoms with Gasteiger partial charge in [0.15, 0.2) is 11.5 Å². The topological polar surface area (TPSA) is 39.7 Å². The molecule has 1 aliphatic heterocycles. The van der Waals surface area contributed by atoms with Crippen LogP contribution in [0.25, 0.3) is 0 Å². The number of rotatable bonds is 8. The Balaban J connectivity index is 1.67. The molecule has 1 aromatic carbocycles. The first-order chi connectivity index (χ1) is 9.86. The summed E-state index contributed by atoms with van der Waals surface area (Å²) in [5, 5.41) is 3.52. The average Bonchev–Trinajstić information content (AvgIpc) is 3.18. The zero-order valence-corrected chi connectivity index (χ0v) is 12.6. The van der Waals surface area contributed by atoms with Gasteiger partial charge in [-0.1, -0.05) is 6.92 Å². The molecule has 1 aliphatic carbocycles. The second-order valence-corrected chi connectivity index (χ2v) is 6.41. The number of thioether (sulfide) groups is 1. The lowest BCUT2D eigenvalue weighted by atomic mass is 10.1. The zero-order valence-electron chi connectivity index (χ0n) is 11.8. The van der Waals surface area contributed by atoms with E-state index < -0.39 is 0 Å². The van der Waals surface area contributed by atoms with Gasteiger partial charge in [0.1, 0.15) is 5.75 Å². The third kappa shape index (κ3) is 3.52. The Morgan fingerprint density at radius 1 is 1.30 bits per heavy atom. The van der Waals surface area contributed by atoms with E-state index in [2.05, 4.69) is 12.2 Å². The molecule has 110 valence electrons. The van der Waals surface area contributed by atoms with Crippen LogP contribution < -0.4 is 19.5 Å². The van der Waals surface area contributed by atoms with Crippen molar-refractivity contribution < 1.29 is 14.2 Å². The molecule has 20 heavy (non-hydrogen) atoms. The smallest absolute Gasteiger partial charge is 0.231 e. The van der Waals surface area contributed by atoms with Crippen LogP contribution in [0.4, 0.5) is 0 Å². The van der Waals surface area contributed by atoms with Crippen LogP contribution in [0.5, 0.6) is 17.2 Å². The van der Waals surface area contributed by atoms with Crippen LogP contribution in [-0.4, -0.2) is 30.9 Å². The van der Waals surface area contributed by atoms with Crippen molar-refractivity contribution in [2.24, 2.45) is 0 Å². The molecule has 0 atom stereocenters. The maximum absolute atomic E-state index is 5.92. The van der Waals surface area contributed by atoms with Gasteiger partial charge in [0.2, 0.25) is 6.79 Å². The largest absolute Gasteiger partial charge is 0.492 e. The molecule has 1 fully saturated rings. The minimum atomic E-state index is 0.306. The predicted molar refractivity (Wildman–Crippen MR) is 80.9 cm³/mol. The van der Waals surface area contributed by atoms with E-state index in [4.69, 9.17) is 14.2 Å². The van der Waals surface area contributed by atoms with E-state index in [1.54, 1.807) is 0 Å². The Morgan fingerprint density at radius 3 is 2.85 bits per heavy atom. The minimum absolute atomic E-state index is 0.306. The summed E-state index contributed by atoms with van der Waals surface area (Å²) in [6.07, 6.45) is 2.57. The van der Waals surface area contributed by atoms with Crippen molar-refractivity contribution in [3.63, 3.8) is 0 Å².